The minimum absolute atomic E-state index is 0.114. The van der Waals surface area contributed by atoms with Crippen LogP contribution < -0.4 is 10.2 Å². The third-order valence-corrected chi connectivity index (χ3v) is 4.75. The zero-order valence-electron chi connectivity index (χ0n) is 13.1. The van der Waals surface area contributed by atoms with Gasteiger partial charge in [-0.2, -0.15) is 11.8 Å². The number of hydrogen-bond acceptors (Lipinski definition) is 3. The van der Waals surface area contributed by atoms with Crippen LogP contribution in [0.4, 0.5) is 11.4 Å². The van der Waals surface area contributed by atoms with E-state index >= 15 is 0 Å². The molecular formula is C17H26N2OS. The lowest BCUT2D eigenvalue weighted by Crippen LogP contribution is -2.32. The number of carbonyl (C=O) groups excluding carboxylic acids is 1. The van der Waals surface area contributed by atoms with E-state index in [-0.39, 0.29) is 5.91 Å². The summed E-state index contributed by atoms with van der Waals surface area (Å²) in [7, 11) is 0. The molecule has 0 radical (unpaired) electrons. The maximum Gasteiger partial charge on any atom is 0.224 e. The number of nitrogens with zero attached hydrogens (tertiary/aromatic N) is 1. The fourth-order valence-corrected chi connectivity index (χ4v) is 3.06. The largest absolute Gasteiger partial charge is 0.372 e. The molecule has 0 aliphatic carbocycles. The normalized spacial score (nSPS) is 16.0. The van der Waals surface area contributed by atoms with E-state index in [4.69, 9.17) is 0 Å². The van der Waals surface area contributed by atoms with Gasteiger partial charge in [0.25, 0.3) is 0 Å². The predicted molar refractivity (Wildman–Crippen MR) is 93.3 cm³/mol. The van der Waals surface area contributed by atoms with Crippen molar-refractivity contribution in [1.82, 2.24) is 0 Å². The average Bonchev–Trinajstić information content (AvgIpc) is 2.49. The first-order valence-electron chi connectivity index (χ1n) is 7.83. The number of piperidine rings is 1. The molecule has 1 heterocycles. The number of carbonyl (C=O) groups is 1. The third-order valence-electron chi connectivity index (χ3n) is 4.05. The van der Waals surface area contributed by atoms with E-state index in [9.17, 15) is 4.79 Å². The average molecular weight is 306 g/mol. The highest BCUT2D eigenvalue weighted by Gasteiger charge is 2.15. The van der Waals surface area contributed by atoms with Crippen LogP contribution in [0.3, 0.4) is 0 Å². The number of benzene rings is 1. The lowest BCUT2D eigenvalue weighted by atomic mass is 9.99. The highest BCUT2D eigenvalue weighted by atomic mass is 32.2. The number of anilines is 2. The van der Waals surface area contributed by atoms with Crippen molar-refractivity contribution in [3.63, 3.8) is 0 Å². The van der Waals surface area contributed by atoms with Crippen LogP contribution in [-0.2, 0) is 4.79 Å². The smallest absolute Gasteiger partial charge is 0.224 e. The van der Waals surface area contributed by atoms with E-state index in [1.54, 1.807) is 11.8 Å². The number of nitrogens with one attached hydrogen (secondary N) is 1. The molecule has 1 N–H and O–H groups in total. The summed E-state index contributed by atoms with van der Waals surface area (Å²) in [6.07, 6.45) is 6.16. The molecule has 0 unspecified atom stereocenters. The summed E-state index contributed by atoms with van der Waals surface area (Å²) in [5.41, 5.74) is 2.17. The molecule has 1 amide bonds. The maximum absolute atomic E-state index is 11.8. The van der Waals surface area contributed by atoms with E-state index in [1.165, 1.54) is 18.5 Å². The van der Waals surface area contributed by atoms with Gasteiger partial charge < -0.3 is 10.2 Å². The van der Waals surface area contributed by atoms with Gasteiger partial charge in [0.15, 0.2) is 0 Å². The van der Waals surface area contributed by atoms with Gasteiger partial charge in [0, 0.05) is 30.9 Å². The Morgan fingerprint density at radius 2 is 1.95 bits per heavy atom. The lowest BCUT2D eigenvalue weighted by molar-refractivity contribution is -0.116. The summed E-state index contributed by atoms with van der Waals surface area (Å²) in [6, 6.07) is 8.26. The van der Waals surface area contributed by atoms with Crippen LogP contribution in [-0.4, -0.2) is 31.0 Å². The molecule has 0 saturated carbocycles. The minimum atomic E-state index is 0.114. The van der Waals surface area contributed by atoms with E-state index in [0.717, 1.165) is 36.9 Å². The summed E-state index contributed by atoms with van der Waals surface area (Å²) in [4.78, 5) is 14.2. The molecule has 2 rings (SSSR count). The number of thioether (sulfide) groups is 1. The lowest BCUT2D eigenvalue weighted by Gasteiger charge is -2.32. The van der Waals surface area contributed by atoms with E-state index < -0.39 is 0 Å². The van der Waals surface area contributed by atoms with Crippen LogP contribution in [0, 0.1) is 5.92 Å². The summed E-state index contributed by atoms with van der Waals surface area (Å²) in [6.45, 7) is 4.61. The van der Waals surface area contributed by atoms with E-state index in [0.29, 0.717) is 6.42 Å². The van der Waals surface area contributed by atoms with E-state index in [2.05, 4.69) is 35.5 Å². The van der Waals surface area contributed by atoms with Gasteiger partial charge in [-0.25, -0.2) is 0 Å². The SMILES string of the molecule is CSCCCC(=O)Nc1ccc(N2CCC(C)CC2)cc1. The zero-order valence-corrected chi connectivity index (χ0v) is 13.9. The molecule has 0 bridgehead atoms. The van der Waals surface area contributed by atoms with Gasteiger partial charge in [0.2, 0.25) is 5.91 Å². The highest BCUT2D eigenvalue weighted by molar-refractivity contribution is 7.98. The first kappa shape index (κ1) is 16.2. The predicted octanol–water partition coefficient (Wildman–Crippen LogP) is 4.00. The van der Waals surface area contributed by atoms with Crippen molar-refractivity contribution < 1.29 is 4.79 Å². The summed E-state index contributed by atoms with van der Waals surface area (Å²) < 4.78 is 0. The first-order valence-corrected chi connectivity index (χ1v) is 9.22. The molecule has 0 atom stereocenters. The summed E-state index contributed by atoms with van der Waals surface area (Å²) in [5.74, 6) is 2.00. The van der Waals surface area contributed by atoms with Crippen LogP contribution in [0.2, 0.25) is 0 Å². The van der Waals surface area contributed by atoms with Crippen molar-refractivity contribution in [3.05, 3.63) is 24.3 Å². The second kappa shape index (κ2) is 8.32. The molecule has 116 valence electrons. The molecule has 1 aliphatic rings. The Kier molecular flexibility index (Phi) is 6.43. The van der Waals surface area contributed by atoms with Crippen molar-refractivity contribution in [2.45, 2.75) is 32.6 Å². The number of amides is 1. The molecule has 1 aliphatic heterocycles. The van der Waals surface area contributed by atoms with Crippen molar-refractivity contribution in [3.8, 4) is 0 Å². The Morgan fingerprint density at radius 3 is 2.57 bits per heavy atom. The van der Waals surface area contributed by atoms with Gasteiger partial charge in [-0.1, -0.05) is 6.92 Å². The fraction of sp³-hybridized carbons (Fsp3) is 0.588. The Hall–Kier alpha value is -1.16. The van der Waals surface area contributed by atoms with Gasteiger partial charge in [0.05, 0.1) is 0 Å². The third kappa shape index (κ3) is 5.27. The van der Waals surface area contributed by atoms with Crippen LogP contribution in [0.1, 0.15) is 32.6 Å². The molecule has 1 aromatic rings. The topological polar surface area (TPSA) is 32.3 Å². The number of rotatable bonds is 6. The molecular weight excluding hydrogens is 280 g/mol. The maximum atomic E-state index is 11.8. The molecule has 1 aromatic carbocycles. The molecule has 1 fully saturated rings. The van der Waals surface area contributed by atoms with Crippen molar-refractivity contribution in [1.29, 1.82) is 0 Å². The molecule has 21 heavy (non-hydrogen) atoms. The Bertz CT molecular complexity index is 439. The molecule has 1 saturated heterocycles. The van der Waals surface area contributed by atoms with Gasteiger partial charge in [-0.15, -0.1) is 0 Å². The minimum Gasteiger partial charge on any atom is -0.372 e. The second-order valence-electron chi connectivity index (χ2n) is 5.86. The molecule has 0 aromatic heterocycles. The van der Waals surface area contributed by atoms with Gasteiger partial charge in [-0.05, 0) is 61.5 Å². The van der Waals surface area contributed by atoms with Crippen LogP contribution in [0.15, 0.2) is 24.3 Å². The Balaban J connectivity index is 1.83. The Morgan fingerprint density at radius 1 is 1.29 bits per heavy atom. The monoisotopic (exact) mass is 306 g/mol. The van der Waals surface area contributed by atoms with Crippen molar-refractivity contribution in [2.24, 2.45) is 5.92 Å². The quantitative estimate of drug-likeness (QED) is 0.806. The van der Waals surface area contributed by atoms with Gasteiger partial charge >= 0.3 is 0 Å². The van der Waals surface area contributed by atoms with Crippen LogP contribution >= 0.6 is 11.8 Å². The van der Waals surface area contributed by atoms with Crippen LogP contribution in [0.25, 0.3) is 0 Å². The molecule has 3 nitrogen and oxygen atoms in total. The number of hydrogen-bond donors (Lipinski definition) is 1. The second-order valence-corrected chi connectivity index (χ2v) is 6.85. The summed E-state index contributed by atoms with van der Waals surface area (Å²) in [5, 5.41) is 2.97. The van der Waals surface area contributed by atoms with Crippen molar-refractivity contribution in [2.75, 3.05) is 35.3 Å². The molecule has 0 spiro atoms. The zero-order chi connectivity index (χ0) is 15.1. The van der Waals surface area contributed by atoms with Crippen molar-refractivity contribution >= 4 is 29.0 Å². The van der Waals surface area contributed by atoms with Crippen LogP contribution in [0.5, 0.6) is 0 Å². The molecule has 4 heteroatoms. The standard InChI is InChI=1S/C17H26N2OS/c1-14-9-11-19(12-10-14)16-7-5-15(6-8-16)18-17(20)4-3-13-21-2/h5-8,14H,3-4,9-13H2,1-2H3,(H,18,20). The first-order chi connectivity index (χ1) is 10.2. The highest BCUT2D eigenvalue weighted by Crippen LogP contribution is 2.24. The Labute approximate surface area is 132 Å². The van der Waals surface area contributed by atoms with E-state index in [1.807, 2.05) is 12.1 Å². The van der Waals surface area contributed by atoms with Gasteiger partial charge in [0.1, 0.15) is 0 Å². The summed E-state index contributed by atoms with van der Waals surface area (Å²) >= 11 is 1.78. The fourth-order valence-electron chi connectivity index (χ4n) is 2.62. The van der Waals surface area contributed by atoms with Gasteiger partial charge in [-0.3, -0.25) is 4.79 Å².